The van der Waals surface area contributed by atoms with E-state index in [4.69, 9.17) is 4.74 Å². The number of ether oxygens (including phenoxy) is 1. The summed E-state index contributed by atoms with van der Waals surface area (Å²) < 4.78 is 5.22. The molecule has 2 rings (SSSR count). The first-order chi connectivity index (χ1) is 10.6. The molecule has 0 bridgehead atoms. The van der Waals surface area contributed by atoms with Crippen molar-refractivity contribution in [2.24, 2.45) is 0 Å². The van der Waals surface area contributed by atoms with Crippen molar-refractivity contribution in [2.75, 3.05) is 11.9 Å². The summed E-state index contributed by atoms with van der Waals surface area (Å²) in [7, 11) is 0. The van der Waals surface area contributed by atoms with E-state index >= 15 is 0 Å². The summed E-state index contributed by atoms with van der Waals surface area (Å²) >= 11 is 0. The maximum absolute atomic E-state index is 11.8. The van der Waals surface area contributed by atoms with Gasteiger partial charge >= 0.3 is 5.69 Å². The fourth-order valence-electron chi connectivity index (χ4n) is 1.89. The minimum Gasteiger partial charge on any atom is -0.477 e. The van der Waals surface area contributed by atoms with Crippen LogP contribution < -0.4 is 10.1 Å². The zero-order valence-electron chi connectivity index (χ0n) is 12.1. The van der Waals surface area contributed by atoms with Gasteiger partial charge in [0.1, 0.15) is 0 Å². The molecule has 2 aromatic rings. The van der Waals surface area contributed by atoms with Gasteiger partial charge in [0.05, 0.1) is 4.92 Å². The van der Waals surface area contributed by atoms with Crippen LogP contribution in [0.25, 0.3) is 0 Å². The molecule has 2 aromatic carbocycles. The molecule has 0 saturated carbocycles. The number of nitro benzene ring substituents is 1. The lowest BCUT2D eigenvalue weighted by molar-refractivity contribution is -0.385. The Kier molecular flexibility index (Phi) is 5.08. The predicted molar refractivity (Wildman–Crippen MR) is 83.0 cm³/mol. The minimum absolute atomic E-state index is 0.0731. The monoisotopic (exact) mass is 300 g/mol. The van der Waals surface area contributed by atoms with Crippen molar-refractivity contribution in [3.8, 4) is 5.75 Å². The van der Waals surface area contributed by atoms with Gasteiger partial charge in [-0.1, -0.05) is 31.2 Å². The molecule has 0 aromatic heterocycles. The number of nitrogens with zero attached hydrogens (tertiary/aromatic N) is 1. The van der Waals surface area contributed by atoms with Gasteiger partial charge in [0.2, 0.25) is 0 Å². The molecule has 114 valence electrons. The van der Waals surface area contributed by atoms with Crippen LogP contribution in [-0.2, 0) is 11.2 Å². The number of rotatable bonds is 6. The van der Waals surface area contributed by atoms with Crippen LogP contribution >= 0.6 is 0 Å². The second kappa shape index (κ2) is 7.21. The third-order valence-corrected chi connectivity index (χ3v) is 3.07. The lowest BCUT2D eigenvalue weighted by atomic mass is 10.1. The van der Waals surface area contributed by atoms with Crippen LogP contribution in [0.5, 0.6) is 5.75 Å². The largest absolute Gasteiger partial charge is 0.477 e. The van der Waals surface area contributed by atoms with E-state index < -0.39 is 4.92 Å². The Labute approximate surface area is 127 Å². The number of nitrogens with one attached hydrogen (secondary N) is 1. The Morgan fingerprint density at radius 1 is 1.18 bits per heavy atom. The van der Waals surface area contributed by atoms with E-state index in [2.05, 4.69) is 5.32 Å². The van der Waals surface area contributed by atoms with E-state index in [1.54, 1.807) is 12.1 Å². The fraction of sp³-hybridized carbons (Fsp3) is 0.188. The highest BCUT2D eigenvalue weighted by Gasteiger charge is 2.14. The molecule has 6 heteroatoms. The number of hydrogen-bond acceptors (Lipinski definition) is 4. The summed E-state index contributed by atoms with van der Waals surface area (Å²) in [5, 5.41) is 13.5. The smallest absolute Gasteiger partial charge is 0.310 e. The highest BCUT2D eigenvalue weighted by molar-refractivity contribution is 5.91. The van der Waals surface area contributed by atoms with E-state index in [0.29, 0.717) is 5.69 Å². The Balaban J connectivity index is 1.94. The number of carbonyl (C=O) groups is 1. The molecule has 0 saturated heterocycles. The number of aryl methyl sites for hydroxylation is 1. The lowest BCUT2D eigenvalue weighted by Gasteiger charge is -2.08. The molecule has 0 aliphatic heterocycles. The Hall–Kier alpha value is -2.89. The maximum atomic E-state index is 11.8. The van der Waals surface area contributed by atoms with Crippen LogP contribution in [-0.4, -0.2) is 17.4 Å². The standard InChI is InChI=1S/C16H16N2O4/c1-2-12-7-9-13(10-8-12)17-16(19)11-22-15-6-4-3-5-14(15)18(20)21/h3-10H,2,11H2,1H3,(H,17,19). The van der Waals surface area contributed by atoms with Crippen LogP contribution in [0.2, 0.25) is 0 Å². The maximum Gasteiger partial charge on any atom is 0.310 e. The Morgan fingerprint density at radius 2 is 1.86 bits per heavy atom. The van der Waals surface area contributed by atoms with Crippen LogP contribution in [0.4, 0.5) is 11.4 Å². The van der Waals surface area contributed by atoms with Crippen LogP contribution in [0, 0.1) is 10.1 Å². The Morgan fingerprint density at radius 3 is 2.50 bits per heavy atom. The van der Waals surface area contributed by atoms with Crippen LogP contribution in [0.1, 0.15) is 12.5 Å². The number of anilines is 1. The van der Waals surface area contributed by atoms with Gasteiger partial charge in [-0.25, -0.2) is 0 Å². The third-order valence-electron chi connectivity index (χ3n) is 3.07. The van der Waals surface area contributed by atoms with Crippen molar-refractivity contribution in [2.45, 2.75) is 13.3 Å². The van der Waals surface area contributed by atoms with E-state index in [9.17, 15) is 14.9 Å². The van der Waals surface area contributed by atoms with Gasteiger partial charge in [-0.3, -0.25) is 14.9 Å². The SMILES string of the molecule is CCc1ccc(NC(=O)COc2ccccc2[N+](=O)[O-])cc1. The molecular formula is C16H16N2O4. The zero-order chi connectivity index (χ0) is 15.9. The molecule has 0 heterocycles. The van der Waals surface area contributed by atoms with Gasteiger partial charge in [0.15, 0.2) is 12.4 Å². The molecule has 0 atom stereocenters. The molecule has 0 fully saturated rings. The highest BCUT2D eigenvalue weighted by atomic mass is 16.6. The average Bonchev–Trinajstić information content (AvgIpc) is 2.54. The first kappa shape index (κ1) is 15.5. The molecule has 0 spiro atoms. The predicted octanol–water partition coefficient (Wildman–Crippen LogP) is 3.17. The van der Waals surface area contributed by atoms with Crippen molar-refractivity contribution in [3.05, 3.63) is 64.2 Å². The first-order valence-corrected chi connectivity index (χ1v) is 6.85. The van der Waals surface area contributed by atoms with Gasteiger partial charge in [-0.15, -0.1) is 0 Å². The molecular weight excluding hydrogens is 284 g/mol. The molecule has 0 unspecified atom stereocenters. The molecule has 0 aliphatic rings. The molecule has 0 aliphatic carbocycles. The van der Waals surface area contributed by atoms with E-state index in [1.165, 1.54) is 17.7 Å². The summed E-state index contributed by atoms with van der Waals surface area (Å²) in [5.41, 5.74) is 1.67. The van der Waals surface area contributed by atoms with Gasteiger partial charge in [0, 0.05) is 11.8 Å². The normalized spacial score (nSPS) is 10.0. The molecule has 1 N–H and O–H groups in total. The number of benzene rings is 2. The number of carbonyl (C=O) groups excluding carboxylic acids is 1. The van der Waals surface area contributed by atoms with E-state index in [1.807, 2.05) is 31.2 Å². The van der Waals surface area contributed by atoms with Crippen molar-refractivity contribution in [1.82, 2.24) is 0 Å². The van der Waals surface area contributed by atoms with Gasteiger partial charge in [0.25, 0.3) is 5.91 Å². The zero-order valence-corrected chi connectivity index (χ0v) is 12.1. The summed E-state index contributed by atoms with van der Waals surface area (Å²) in [4.78, 5) is 22.1. The third kappa shape index (κ3) is 4.05. The van der Waals surface area contributed by atoms with E-state index in [-0.39, 0.29) is 24.0 Å². The number of amides is 1. The highest BCUT2D eigenvalue weighted by Crippen LogP contribution is 2.25. The first-order valence-electron chi connectivity index (χ1n) is 6.85. The van der Waals surface area contributed by atoms with Gasteiger partial charge in [-0.05, 0) is 30.2 Å². The average molecular weight is 300 g/mol. The molecule has 1 amide bonds. The number of nitro groups is 1. The molecule has 6 nitrogen and oxygen atoms in total. The summed E-state index contributed by atoms with van der Waals surface area (Å²) in [6.45, 7) is 1.76. The fourth-order valence-corrected chi connectivity index (χ4v) is 1.89. The van der Waals surface area contributed by atoms with Gasteiger partial charge < -0.3 is 10.1 Å². The van der Waals surface area contributed by atoms with Crippen molar-refractivity contribution >= 4 is 17.3 Å². The van der Waals surface area contributed by atoms with Crippen molar-refractivity contribution < 1.29 is 14.5 Å². The second-order valence-electron chi connectivity index (χ2n) is 4.61. The quantitative estimate of drug-likeness (QED) is 0.656. The minimum atomic E-state index is -0.545. The second-order valence-corrected chi connectivity index (χ2v) is 4.61. The number of para-hydroxylation sites is 2. The van der Waals surface area contributed by atoms with Crippen molar-refractivity contribution in [1.29, 1.82) is 0 Å². The van der Waals surface area contributed by atoms with Crippen LogP contribution in [0.15, 0.2) is 48.5 Å². The summed E-state index contributed by atoms with van der Waals surface area (Å²) in [6, 6.07) is 13.4. The van der Waals surface area contributed by atoms with Crippen molar-refractivity contribution in [3.63, 3.8) is 0 Å². The lowest BCUT2D eigenvalue weighted by Crippen LogP contribution is -2.20. The molecule has 22 heavy (non-hydrogen) atoms. The van der Waals surface area contributed by atoms with Crippen LogP contribution in [0.3, 0.4) is 0 Å². The van der Waals surface area contributed by atoms with E-state index in [0.717, 1.165) is 6.42 Å². The van der Waals surface area contributed by atoms with Gasteiger partial charge in [-0.2, -0.15) is 0 Å². The summed E-state index contributed by atoms with van der Waals surface area (Å²) in [5.74, 6) is -0.300. The topological polar surface area (TPSA) is 81.5 Å². The Bertz CT molecular complexity index is 668. The number of hydrogen-bond donors (Lipinski definition) is 1. The molecule has 0 radical (unpaired) electrons. The summed E-state index contributed by atoms with van der Waals surface area (Å²) in [6.07, 6.45) is 0.926.